The molecule has 0 aromatic heterocycles. The maximum Gasteiger partial charge on any atom is 0.407 e. The minimum atomic E-state index is -0.371. The highest BCUT2D eigenvalue weighted by atomic mass is 16.5. The van der Waals surface area contributed by atoms with E-state index in [-0.39, 0.29) is 12.0 Å². The van der Waals surface area contributed by atoms with Crippen LogP contribution in [0.15, 0.2) is 30.3 Å². The second kappa shape index (κ2) is 14.2. The van der Waals surface area contributed by atoms with Gasteiger partial charge in [-0.25, -0.2) is 4.79 Å². The van der Waals surface area contributed by atoms with E-state index in [2.05, 4.69) is 19.2 Å². The van der Waals surface area contributed by atoms with Gasteiger partial charge in [0.2, 0.25) is 0 Å². The first-order valence-corrected chi connectivity index (χ1v) is 10.5. The number of hydrogen-bond acceptors (Lipinski definition) is 3. The lowest BCUT2D eigenvalue weighted by Gasteiger charge is -2.21. The van der Waals surface area contributed by atoms with E-state index in [0.717, 1.165) is 37.7 Å². The van der Waals surface area contributed by atoms with Crippen molar-refractivity contribution >= 4 is 11.9 Å². The molecule has 0 aliphatic rings. The Bertz CT molecular complexity index is 530. The molecule has 4 nitrogen and oxygen atoms in total. The molecule has 0 spiro atoms. The molecule has 0 aliphatic carbocycles. The molecule has 0 fully saturated rings. The molecule has 152 valence electrons. The SMILES string of the molecule is CCCCCCC(C(C)=O)C(C)CCCCOC(=O)NCc1ccccc1. The summed E-state index contributed by atoms with van der Waals surface area (Å²) in [4.78, 5) is 23.6. The van der Waals surface area contributed by atoms with Crippen LogP contribution in [0.4, 0.5) is 4.79 Å². The molecule has 0 bridgehead atoms. The summed E-state index contributed by atoms with van der Waals surface area (Å²) in [7, 11) is 0. The fraction of sp³-hybridized carbons (Fsp3) is 0.652. The minimum Gasteiger partial charge on any atom is -0.450 e. The monoisotopic (exact) mass is 375 g/mol. The number of hydrogen-bond donors (Lipinski definition) is 1. The Morgan fingerprint density at radius 2 is 1.70 bits per heavy atom. The number of carbonyl (C=O) groups is 2. The Balaban J connectivity index is 2.14. The maximum absolute atomic E-state index is 11.9. The van der Waals surface area contributed by atoms with Gasteiger partial charge in [-0.1, -0.05) is 69.9 Å². The summed E-state index contributed by atoms with van der Waals surface area (Å²) in [6.07, 6.45) is 8.30. The van der Waals surface area contributed by atoms with Gasteiger partial charge in [-0.05, 0) is 44.1 Å². The zero-order chi connectivity index (χ0) is 19.9. The molecule has 2 atom stereocenters. The van der Waals surface area contributed by atoms with Crippen LogP contribution in [0, 0.1) is 11.8 Å². The highest BCUT2D eigenvalue weighted by Crippen LogP contribution is 2.25. The molecule has 1 aromatic carbocycles. The number of ether oxygens (including phenoxy) is 1. The van der Waals surface area contributed by atoms with E-state index in [0.29, 0.717) is 24.9 Å². The van der Waals surface area contributed by atoms with E-state index in [1.807, 2.05) is 30.3 Å². The van der Waals surface area contributed by atoms with Crippen molar-refractivity contribution in [1.82, 2.24) is 5.32 Å². The van der Waals surface area contributed by atoms with E-state index < -0.39 is 0 Å². The Morgan fingerprint density at radius 1 is 1.00 bits per heavy atom. The molecule has 0 heterocycles. The van der Waals surface area contributed by atoms with Crippen molar-refractivity contribution in [3.63, 3.8) is 0 Å². The number of ketones is 1. The van der Waals surface area contributed by atoms with Crippen molar-refractivity contribution < 1.29 is 14.3 Å². The third-order valence-corrected chi connectivity index (χ3v) is 5.14. The lowest BCUT2D eigenvalue weighted by molar-refractivity contribution is -0.122. The first-order chi connectivity index (χ1) is 13.0. The quantitative estimate of drug-likeness (QED) is 0.412. The van der Waals surface area contributed by atoms with Crippen molar-refractivity contribution in [2.24, 2.45) is 11.8 Å². The van der Waals surface area contributed by atoms with Gasteiger partial charge in [0.1, 0.15) is 5.78 Å². The van der Waals surface area contributed by atoms with Crippen LogP contribution in [0.3, 0.4) is 0 Å². The fourth-order valence-corrected chi connectivity index (χ4v) is 3.44. The van der Waals surface area contributed by atoms with Crippen LogP contribution in [-0.2, 0) is 16.1 Å². The molecule has 2 unspecified atom stereocenters. The number of unbranched alkanes of at least 4 members (excludes halogenated alkanes) is 4. The predicted octanol–water partition coefficient (Wildman–Crippen LogP) is 5.89. The summed E-state index contributed by atoms with van der Waals surface area (Å²) >= 11 is 0. The van der Waals surface area contributed by atoms with Gasteiger partial charge in [0.05, 0.1) is 6.61 Å². The molecule has 0 saturated heterocycles. The van der Waals surface area contributed by atoms with Crippen LogP contribution in [0.2, 0.25) is 0 Å². The van der Waals surface area contributed by atoms with Gasteiger partial charge in [-0.15, -0.1) is 0 Å². The summed E-state index contributed by atoms with van der Waals surface area (Å²) < 4.78 is 5.23. The van der Waals surface area contributed by atoms with Crippen molar-refractivity contribution in [3.05, 3.63) is 35.9 Å². The van der Waals surface area contributed by atoms with Gasteiger partial charge in [-0.2, -0.15) is 0 Å². The molecule has 1 aromatic rings. The number of alkyl carbamates (subject to hydrolysis) is 1. The van der Waals surface area contributed by atoms with E-state index >= 15 is 0 Å². The highest BCUT2D eigenvalue weighted by Gasteiger charge is 2.21. The number of benzene rings is 1. The molecule has 0 radical (unpaired) electrons. The lowest BCUT2D eigenvalue weighted by Crippen LogP contribution is -2.24. The minimum absolute atomic E-state index is 0.178. The largest absolute Gasteiger partial charge is 0.450 e. The standard InChI is InChI=1S/C23H37NO3/c1-4-5-6-10-16-22(20(3)25)19(2)13-11-12-17-27-23(26)24-18-21-14-8-7-9-15-21/h7-9,14-15,19,22H,4-6,10-13,16-18H2,1-3H3,(H,24,26). The first-order valence-electron chi connectivity index (χ1n) is 10.5. The van der Waals surface area contributed by atoms with E-state index in [4.69, 9.17) is 4.74 Å². The molecular formula is C23H37NO3. The van der Waals surface area contributed by atoms with E-state index in [1.54, 1.807) is 6.92 Å². The van der Waals surface area contributed by atoms with Crippen molar-refractivity contribution in [3.8, 4) is 0 Å². The van der Waals surface area contributed by atoms with E-state index in [1.165, 1.54) is 19.3 Å². The van der Waals surface area contributed by atoms with Crippen molar-refractivity contribution in [2.45, 2.75) is 78.7 Å². The van der Waals surface area contributed by atoms with Crippen molar-refractivity contribution in [1.29, 1.82) is 0 Å². The smallest absolute Gasteiger partial charge is 0.407 e. The Kier molecular flexibility index (Phi) is 12.2. The average molecular weight is 376 g/mol. The molecule has 27 heavy (non-hydrogen) atoms. The number of rotatable bonds is 14. The average Bonchev–Trinajstić information content (AvgIpc) is 2.66. The van der Waals surface area contributed by atoms with Gasteiger partial charge in [0.25, 0.3) is 0 Å². The zero-order valence-corrected chi connectivity index (χ0v) is 17.3. The number of amides is 1. The van der Waals surface area contributed by atoms with Crippen LogP contribution >= 0.6 is 0 Å². The number of Topliss-reactive ketones (excluding diaryl/α,β-unsaturated/α-hetero) is 1. The van der Waals surface area contributed by atoms with Crippen LogP contribution in [-0.4, -0.2) is 18.5 Å². The van der Waals surface area contributed by atoms with Gasteiger partial charge in [-0.3, -0.25) is 4.79 Å². The van der Waals surface area contributed by atoms with Gasteiger partial charge in [0, 0.05) is 12.5 Å². The first kappa shape index (κ1) is 23.2. The zero-order valence-electron chi connectivity index (χ0n) is 17.3. The number of carbonyl (C=O) groups excluding carboxylic acids is 2. The second-order valence-corrected chi connectivity index (χ2v) is 7.51. The van der Waals surface area contributed by atoms with Crippen molar-refractivity contribution in [2.75, 3.05) is 6.61 Å². The summed E-state index contributed by atoms with van der Waals surface area (Å²) in [5, 5.41) is 2.76. The molecule has 1 N–H and O–H groups in total. The second-order valence-electron chi connectivity index (χ2n) is 7.51. The fourth-order valence-electron chi connectivity index (χ4n) is 3.44. The summed E-state index contributed by atoms with van der Waals surface area (Å²) in [6.45, 7) is 7.01. The summed E-state index contributed by atoms with van der Waals surface area (Å²) in [5.41, 5.74) is 1.05. The third kappa shape index (κ3) is 10.8. The van der Waals surface area contributed by atoms with Gasteiger partial charge < -0.3 is 10.1 Å². The molecule has 0 aliphatic heterocycles. The predicted molar refractivity (Wildman–Crippen MR) is 111 cm³/mol. The topological polar surface area (TPSA) is 55.4 Å². The van der Waals surface area contributed by atoms with Crippen LogP contribution in [0.1, 0.15) is 77.7 Å². The normalized spacial score (nSPS) is 13.0. The van der Waals surface area contributed by atoms with Crippen LogP contribution in [0.5, 0.6) is 0 Å². The van der Waals surface area contributed by atoms with Gasteiger partial charge >= 0.3 is 6.09 Å². The van der Waals surface area contributed by atoms with E-state index in [9.17, 15) is 9.59 Å². The van der Waals surface area contributed by atoms with Gasteiger partial charge in [0.15, 0.2) is 0 Å². The summed E-state index contributed by atoms with van der Waals surface area (Å²) in [5.74, 6) is 0.892. The van der Waals surface area contributed by atoms with Crippen LogP contribution in [0.25, 0.3) is 0 Å². The molecule has 1 amide bonds. The highest BCUT2D eigenvalue weighted by molar-refractivity contribution is 5.78. The Hall–Kier alpha value is -1.84. The Labute approximate surface area is 165 Å². The Morgan fingerprint density at radius 3 is 2.37 bits per heavy atom. The summed E-state index contributed by atoms with van der Waals surface area (Å²) in [6, 6.07) is 9.78. The molecular weight excluding hydrogens is 338 g/mol. The lowest BCUT2D eigenvalue weighted by atomic mass is 9.83. The maximum atomic E-state index is 11.9. The molecule has 0 saturated carbocycles. The molecule has 4 heteroatoms. The molecule has 1 rings (SSSR count). The number of nitrogens with one attached hydrogen (secondary N) is 1. The third-order valence-electron chi connectivity index (χ3n) is 5.14. The van der Waals surface area contributed by atoms with Crippen LogP contribution < -0.4 is 5.32 Å².